The first kappa shape index (κ1) is 15.0. The molecule has 0 aliphatic heterocycles. The van der Waals surface area contributed by atoms with E-state index in [9.17, 15) is 0 Å². The molecular formula is C17H26O. The molecule has 1 aromatic rings. The highest BCUT2D eigenvalue weighted by Crippen LogP contribution is 2.35. The van der Waals surface area contributed by atoms with Gasteiger partial charge in [-0.05, 0) is 53.0 Å². The molecule has 1 rings (SSSR count). The van der Waals surface area contributed by atoms with Crippen LogP contribution in [0, 0.1) is 6.92 Å². The molecule has 0 saturated carbocycles. The van der Waals surface area contributed by atoms with Gasteiger partial charge in [-0.2, -0.15) is 0 Å². The van der Waals surface area contributed by atoms with Gasteiger partial charge in [0.1, 0.15) is 0 Å². The van der Waals surface area contributed by atoms with Crippen molar-refractivity contribution in [1.29, 1.82) is 0 Å². The molecule has 1 nitrogen and oxygen atoms in total. The molecule has 0 aliphatic rings. The van der Waals surface area contributed by atoms with Gasteiger partial charge in [0.2, 0.25) is 0 Å². The molecule has 0 radical (unpaired) electrons. The Bertz CT molecular complexity index is 436. The Morgan fingerprint density at radius 1 is 1.28 bits per heavy atom. The largest absolute Gasteiger partial charge is 0.396 e. The lowest BCUT2D eigenvalue weighted by Gasteiger charge is -2.27. The summed E-state index contributed by atoms with van der Waals surface area (Å²) in [6.45, 7) is 15.4. The zero-order valence-corrected chi connectivity index (χ0v) is 12.4. The van der Waals surface area contributed by atoms with Crippen LogP contribution in [0.15, 0.2) is 18.7 Å². The van der Waals surface area contributed by atoms with Crippen molar-refractivity contribution < 1.29 is 5.11 Å². The van der Waals surface area contributed by atoms with Gasteiger partial charge in [-0.3, -0.25) is 0 Å². The summed E-state index contributed by atoms with van der Waals surface area (Å²) in [5, 5.41) is 9.16. The van der Waals surface area contributed by atoms with Crippen molar-refractivity contribution in [2.75, 3.05) is 6.61 Å². The number of hydrogen-bond acceptors (Lipinski definition) is 1. The topological polar surface area (TPSA) is 20.2 Å². The lowest BCUT2D eigenvalue weighted by molar-refractivity contribution is 0.305. The summed E-state index contributed by atoms with van der Waals surface area (Å²) in [6, 6.07) is 4.42. The van der Waals surface area contributed by atoms with Crippen molar-refractivity contribution in [2.45, 2.75) is 52.9 Å². The molecule has 18 heavy (non-hydrogen) atoms. The van der Waals surface area contributed by atoms with E-state index in [0.29, 0.717) is 6.42 Å². The van der Waals surface area contributed by atoms with Crippen LogP contribution in [-0.2, 0) is 11.8 Å². The first-order chi connectivity index (χ1) is 8.32. The van der Waals surface area contributed by atoms with Crippen LogP contribution in [-0.4, -0.2) is 11.7 Å². The van der Waals surface area contributed by atoms with Crippen molar-refractivity contribution in [3.8, 4) is 0 Å². The average molecular weight is 246 g/mol. The lowest BCUT2D eigenvalue weighted by atomic mass is 9.78. The van der Waals surface area contributed by atoms with E-state index in [1.54, 1.807) is 0 Å². The van der Waals surface area contributed by atoms with E-state index in [0.717, 1.165) is 12.0 Å². The van der Waals surface area contributed by atoms with E-state index < -0.39 is 0 Å². The molecule has 1 aromatic carbocycles. The Hall–Kier alpha value is -1.08. The normalized spacial score (nSPS) is 11.7. The minimum absolute atomic E-state index is 0.103. The van der Waals surface area contributed by atoms with Crippen LogP contribution in [0.1, 0.15) is 56.4 Å². The van der Waals surface area contributed by atoms with Crippen LogP contribution in [0.4, 0.5) is 0 Å². The fourth-order valence-corrected chi connectivity index (χ4v) is 2.50. The number of rotatable bonds is 4. The molecule has 0 amide bonds. The lowest BCUT2D eigenvalue weighted by Crippen LogP contribution is -2.16. The molecule has 0 atom stereocenters. The molecule has 0 fully saturated rings. The molecule has 0 heterocycles. The summed E-state index contributed by atoms with van der Waals surface area (Å²) in [4.78, 5) is 0. The monoisotopic (exact) mass is 246 g/mol. The second-order valence-corrected chi connectivity index (χ2v) is 5.96. The van der Waals surface area contributed by atoms with Gasteiger partial charge >= 0.3 is 0 Å². The Balaban J connectivity index is 3.49. The smallest absolute Gasteiger partial charge is 0.0471 e. The third kappa shape index (κ3) is 3.02. The van der Waals surface area contributed by atoms with Gasteiger partial charge in [0, 0.05) is 6.61 Å². The van der Waals surface area contributed by atoms with Crippen LogP contribution in [0.5, 0.6) is 0 Å². The Morgan fingerprint density at radius 2 is 1.89 bits per heavy atom. The average Bonchev–Trinajstić information content (AvgIpc) is 2.27. The van der Waals surface area contributed by atoms with Crippen molar-refractivity contribution >= 4 is 5.57 Å². The van der Waals surface area contributed by atoms with Gasteiger partial charge in [0.25, 0.3) is 0 Å². The predicted molar refractivity (Wildman–Crippen MR) is 80.0 cm³/mol. The van der Waals surface area contributed by atoms with Gasteiger partial charge in [0.05, 0.1) is 0 Å². The van der Waals surface area contributed by atoms with E-state index in [1.165, 1.54) is 22.3 Å². The summed E-state index contributed by atoms with van der Waals surface area (Å²) < 4.78 is 0. The maximum atomic E-state index is 9.16. The van der Waals surface area contributed by atoms with Crippen molar-refractivity contribution in [3.63, 3.8) is 0 Å². The fraction of sp³-hybridized carbons (Fsp3) is 0.529. The Labute approximate surface area is 112 Å². The maximum Gasteiger partial charge on any atom is 0.0471 e. The zero-order chi connectivity index (χ0) is 13.9. The second-order valence-electron chi connectivity index (χ2n) is 5.96. The molecule has 0 aromatic heterocycles. The van der Waals surface area contributed by atoms with E-state index in [-0.39, 0.29) is 12.0 Å². The fourth-order valence-electron chi connectivity index (χ4n) is 2.50. The quantitative estimate of drug-likeness (QED) is 0.842. The van der Waals surface area contributed by atoms with Gasteiger partial charge in [-0.15, -0.1) is 0 Å². The number of aliphatic hydroxyl groups excluding tert-OH is 1. The minimum Gasteiger partial charge on any atom is -0.396 e. The third-order valence-corrected chi connectivity index (χ3v) is 3.48. The number of hydrogen-bond donors (Lipinski definition) is 1. The highest BCUT2D eigenvalue weighted by molar-refractivity contribution is 5.71. The number of aliphatic hydroxyl groups is 1. The zero-order valence-electron chi connectivity index (χ0n) is 12.4. The van der Waals surface area contributed by atoms with Gasteiger partial charge < -0.3 is 5.11 Å². The molecule has 0 saturated heterocycles. The van der Waals surface area contributed by atoms with E-state index in [1.807, 2.05) is 0 Å². The van der Waals surface area contributed by atoms with E-state index >= 15 is 0 Å². The maximum absolute atomic E-state index is 9.16. The van der Waals surface area contributed by atoms with Crippen LogP contribution in [0.3, 0.4) is 0 Å². The highest BCUT2D eigenvalue weighted by Gasteiger charge is 2.21. The standard InChI is InChI=1S/C17H26O/c1-7-14-12(2)8-9-15(17(4,5)6)16(14)13(3)10-11-18/h8-9,18H,3,7,10-11H2,1-2,4-6H3. The number of benzene rings is 1. The molecule has 0 aliphatic carbocycles. The summed E-state index contributed by atoms with van der Waals surface area (Å²) in [5.74, 6) is 0. The van der Waals surface area contributed by atoms with Gasteiger partial charge in [-0.1, -0.05) is 46.4 Å². The Morgan fingerprint density at radius 3 is 2.33 bits per heavy atom. The summed E-state index contributed by atoms with van der Waals surface area (Å²) in [6.07, 6.45) is 1.66. The van der Waals surface area contributed by atoms with Crippen LogP contribution in [0.25, 0.3) is 5.57 Å². The van der Waals surface area contributed by atoms with Gasteiger partial charge in [-0.25, -0.2) is 0 Å². The van der Waals surface area contributed by atoms with Crippen molar-refractivity contribution in [3.05, 3.63) is 41.0 Å². The van der Waals surface area contributed by atoms with Crippen LogP contribution >= 0.6 is 0 Å². The third-order valence-electron chi connectivity index (χ3n) is 3.48. The van der Waals surface area contributed by atoms with Crippen LogP contribution < -0.4 is 0 Å². The Kier molecular flexibility index (Phi) is 4.75. The first-order valence-electron chi connectivity index (χ1n) is 6.74. The van der Waals surface area contributed by atoms with Crippen molar-refractivity contribution in [2.24, 2.45) is 0 Å². The SMILES string of the molecule is C=C(CCO)c1c(C(C)(C)C)ccc(C)c1CC. The number of aryl methyl sites for hydroxylation is 1. The van der Waals surface area contributed by atoms with Crippen molar-refractivity contribution in [1.82, 2.24) is 0 Å². The second kappa shape index (κ2) is 5.71. The summed E-state index contributed by atoms with van der Waals surface area (Å²) in [7, 11) is 0. The minimum atomic E-state index is 0.103. The summed E-state index contributed by atoms with van der Waals surface area (Å²) >= 11 is 0. The molecule has 1 heteroatoms. The molecule has 0 unspecified atom stereocenters. The van der Waals surface area contributed by atoms with E-state index in [2.05, 4.69) is 53.3 Å². The highest BCUT2D eigenvalue weighted by atomic mass is 16.2. The molecule has 1 N–H and O–H groups in total. The van der Waals surface area contributed by atoms with Crippen LogP contribution in [0.2, 0.25) is 0 Å². The summed E-state index contributed by atoms with van der Waals surface area (Å²) in [5.41, 5.74) is 6.47. The predicted octanol–water partition coefficient (Wildman–Crippen LogP) is 4.25. The molecule has 100 valence electrons. The molecule has 0 bridgehead atoms. The van der Waals surface area contributed by atoms with Gasteiger partial charge in [0.15, 0.2) is 0 Å². The molecule has 0 spiro atoms. The first-order valence-corrected chi connectivity index (χ1v) is 6.74. The van der Waals surface area contributed by atoms with E-state index in [4.69, 9.17) is 5.11 Å². The molecular weight excluding hydrogens is 220 g/mol.